The van der Waals surface area contributed by atoms with E-state index in [1.54, 1.807) is 6.08 Å². The van der Waals surface area contributed by atoms with Gasteiger partial charge in [0.1, 0.15) is 67.1 Å². The molecule has 0 aromatic heterocycles. The number of carbonyl (C=O) groups excluding carboxylic acids is 2. The molecule has 584 valence electrons. The van der Waals surface area contributed by atoms with Crippen LogP contribution in [0, 0.1) is 0 Å². The van der Waals surface area contributed by atoms with Gasteiger partial charge in [0.25, 0.3) is 5.79 Å². The lowest BCUT2D eigenvalue weighted by molar-refractivity contribution is -0.386. The van der Waals surface area contributed by atoms with E-state index < -0.39 is 155 Å². The first-order valence-corrected chi connectivity index (χ1v) is 39.4. The molecule has 23 heteroatoms. The van der Waals surface area contributed by atoms with Crippen LogP contribution in [0.15, 0.2) is 36.5 Å². The summed E-state index contributed by atoms with van der Waals surface area (Å²) in [6, 6.07) is -2.62. The largest absolute Gasteiger partial charge is 0.477 e. The van der Waals surface area contributed by atoms with E-state index in [0.29, 0.717) is 12.8 Å². The van der Waals surface area contributed by atoms with Gasteiger partial charge in [-0.3, -0.25) is 9.59 Å². The van der Waals surface area contributed by atoms with Crippen LogP contribution in [-0.4, -0.2) is 215 Å². The van der Waals surface area contributed by atoms with Crippen molar-refractivity contribution in [2.45, 2.75) is 407 Å². The maximum atomic E-state index is 13.5. The summed E-state index contributed by atoms with van der Waals surface area (Å²) in [7, 11) is 0. The number of carboxylic acid groups (broad SMARTS) is 1. The number of unbranched alkanes of at least 4 members (excludes halogenated alkanes) is 37. The summed E-state index contributed by atoms with van der Waals surface area (Å²) in [6.07, 6.45) is 33.5. The number of hydrogen-bond donors (Lipinski definition) is 14. The number of nitrogens with one attached hydrogen (secondary N) is 2. The van der Waals surface area contributed by atoms with E-state index in [1.165, 1.54) is 199 Å². The molecule has 3 aliphatic rings. The Kier molecular flexibility index (Phi) is 51.3. The van der Waals surface area contributed by atoms with Crippen LogP contribution < -0.4 is 10.6 Å². The van der Waals surface area contributed by atoms with Gasteiger partial charge in [0.2, 0.25) is 11.8 Å². The highest BCUT2D eigenvalue weighted by Gasteiger charge is 2.60. The van der Waals surface area contributed by atoms with Crippen molar-refractivity contribution in [3.63, 3.8) is 0 Å². The molecule has 18 unspecified atom stereocenters. The van der Waals surface area contributed by atoms with Gasteiger partial charge < -0.3 is 100 Å². The lowest BCUT2D eigenvalue weighted by Crippen LogP contribution is -2.70. The topological polar surface area (TPSA) is 373 Å². The van der Waals surface area contributed by atoms with Crippen LogP contribution in [0.5, 0.6) is 0 Å². The fourth-order valence-corrected chi connectivity index (χ4v) is 13.6. The van der Waals surface area contributed by atoms with E-state index in [1.807, 2.05) is 6.08 Å². The molecule has 3 heterocycles. The lowest BCUT2D eigenvalue weighted by Gasteiger charge is -2.50. The minimum absolute atomic E-state index is 0.201. The maximum absolute atomic E-state index is 13.5. The van der Waals surface area contributed by atoms with E-state index in [9.17, 15) is 75.7 Å². The lowest BCUT2D eigenvalue weighted by atomic mass is 9.88. The van der Waals surface area contributed by atoms with Gasteiger partial charge in [-0.05, 0) is 51.4 Å². The third kappa shape index (κ3) is 36.8. The Bertz CT molecular complexity index is 2140. The molecule has 100 heavy (non-hydrogen) atoms. The number of carbonyl (C=O) groups is 3. The fourth-order valence-electron chi connectivity index (χ4n) is 13.6. The maximum Gasteiger partial charge on any atom is 0.364 e. The third-order valence-corrected chi connectivity index (χ3v) is 19.8. The number of carboxylic acids is 1. The Morgan fingerprint density at radius 2 is 0.970 bits per heavy atom. The number of amides is 2. The highest BCUT2D eigenvalue weighted by atomic mass is 16.8. The first-order chi connectivity index (χ1) is 48.4. The summed E-state index contributed by atoms with van der Waals surface area (Å²) < 4.78 is 34.8. The Labute approximate surface area is 599 Å². The predicted molar refractivity (Wildman–Crippen MR) is 384 cm³/mol. The second kappa shape index (κ2) is 56.3. The number of allylic oxidation sites excluding steroid dienone is 5. The van der Waals surface area contributed by atoms with E-state index in [4.69, 9.17) is 28.4 Å². The van der Waals surface area contributed by atoms with Crippen LogP contribution in [0.25, 0.3) is 0 Å². The van der Waals surface area contributed by atoms with Crippen molar-refractivity contribution >= 4 is 17.8 Å². The number of hydrogen-bond acceptors (Lipinski definition) is 20. The predicted octanol–water partition coefficient (Wildman–Crippen LogP) is 9.74. The van der Waals surface area contributed by atoms with E-state index in [-0.39, 0.29) is 12.3 Å². The van der Waals surface area contributed by atoms with Crippen LogP contribution in [0.3, 0.4) is 0 Å². The van der Waals surface area contributed by atoms with Gasteiger partial charge in [0.05, 0.1) is 50.7 Å². The molecule has 3 saturated heterocycles. The standard InChI is InChI=1S/C77H140N2O21/c1-4-6-8-10-12-14-16-18-19-20-21-22-23-24-25-26-27-28-29-30-31-32-33-34-35-36-37-39-41-43-45-47-49-51-64(87)79-58(59(84)50-48-46-44-42-40-38-17-15-13-11-9-7-5-2)56-95-74-69(91)68(90)71(63(55-82)97-74)98-75-70(92)73(67(89)62(54-81)96-75)100-77(76(93)94)52-60(85)65(78-57(3)83)72(99-77)66(88)61(86)53-80/h21-22,24-25,48,50,58-63,65-75,80-82,84-86,88-92H,4-20,23,26-47,49,51-56H2,1-3H3,(H,78,83)(H,79,87)(H,93,94)/b22-21-,25-24-,50-48+. The highest BCUT2D eigenvalue weighted by molar-refractivity contribution is 5.77. The molecule has 0 aliphatic carbocycles. The molecule has 23 nitrogen and oxygen atoms in total. The van der Waals surface area contributed by atoms with Crippen molar-refractivity contribution in [1.29, 1.82) is 0 Å². The number of aliphatic carboxylic acids is 1. The summed E-state index contributed by atoms with van der Waals surface area (Å²) in [4.78, 5) is 38.6. The van der Waals surface area contributed by atoms with Crippen molar-refractivity contribution in [3.05, 3.63) is 36.5 Å². The van der Waals surface area contributed by atoms with Crippen molar-refractivity contribution < 1.29 is 104 Å². The van der Waals surface area contributed by atoms with Crippen molar-refractivity contribution in [3.8, 4) is 0 Å². The average molecular weight is 1430 g/mol. The van der Waals surface area contributed by atoms with E-state index in [2.05, 4.69) is 48.8 Å². The van der Waals surface area contributed by atoms with Gasteiger partial charge in [-0.15, -0.1) is 0 Å². The first kappa shape index (κ1) is 91.2. The zero-order valence-corrected chi connectivity index (χ0v) is 61.6. The molecule has 0 aromatic rings. The Morgan fingerprint density at radius 1 is 0.530 bits per heavy atom. The van der Waals surface area contributed by atoms with Gasteiger partial charge in [-0.25, -0.2) is 4.79 Å². The summed E-state index contributed by atoms with van der Waals surface area (Å²) in [5, 5.41) is 136. The third-order valence-electron chi connectivity index (χ3n) is 19.8. The zero-order chi connectivity index (χ0) is 73.2. The van der Waals surface area contributed by atoms with Crippen LogP contribution in [0.1, 0.15) is 297 Å². The Morgan fingerprint density at radius 3 is 1.41 bits per heavy atom. The SMILES string of the molecule is CCCCCCCCCCC/C=C\C/C=C\CCCCCCCCCCCCCCCCCCCC(=O)NC(COC1OC(CO)C(OC2OC(CO)C(O)C(OC3(C(=O)O)CC(O)C(NC(C)=O)C(C(O)C(O)CO)O3)C2O)C(O)C1O)C(O)/C=C/CCCCCCCCCCCCC. The molecule has 14 N–H and O–H groups in total. The molecule has 0 saturated carbocycles. The molecule has 0 aromatic carbocycles. The monoisotopic (exact) mass is 1430 g/mol. The summed E-state index contributed by atoms with van der Waals surface area (Å²) in [5.74, 6) is -6.14. The molecule has 2 amide bonds. The molecule has 3 rings (SSSR count). The van der Waals surface area contributed by atoms with Crippen molar-refractivity contribution in [2.24, 2.45) is 0 Å². The number of rotatable bonds is 61. The summed E-state index contributed by atoms with van der Waals surface area (Å²) in [5.41, 5.74) is 0. The zero-order valence-electron chi connectivity index (χ0n) is 61.6. The molecular weight excluding hydrogens is 1290 g/mol. The second-order valence-corrected chi connectivity index (χ2v) is 28.6. The van der Waals surface area contributed by atoms with Crippen LogP contribution >= 0.6 is 0 Å². The first-order valence-electron chi connectivity index (χ1n) is 39.4. The smallest absolute Gasteiger partial charge is 0.364 e. The normalized spacial score (nSPS) is 27.1. The molecule has 3 aliphatic heterocycles. The minimum atomic E-state index is -3.08. The highest BCUT2D eigenvalue weighted by Crippen LogP contribution is 2.39. The number of aliphatic hydroxyl groups is 11. The molecular formula is C77H140N2O21. The van der Waals surface area contributed by atoms with Gasteiger partial charge >= 0.3 is 5.97 Å². The fraction of sp³-hybridized carbons (Fsp3) is 0.883. The second-order valence-electron chi connectivity index (χ2n) is 28.6. The average Bonchev–Trinajstić information content (AvgIpc) is 0.756. The van der Waals surface area contributed by atoms with Crippen molar-refractivity contribution in [1.82, 2.24) is 10.6 Å². The summed E-state index contributed by atoms with van der Waals surface area (Å²) in [6.45, 7) is 2.14. The van der Waals surface area contributed by atoms with E-state index in [0.717, 1.165) is 58.3 Å². The van der Waals surface area contributed by atoms with Crippen LogP contribution in [-0.2, 0) is 42.8 Å². The van der Waals surface area contributed by atoms with Crippen LogP contribution in [0.4, 0.5) is 0 Å². The quantitative estimate of drug-likeness (QED) is 0.0199. The number of ether oxygens (including phenoxy) is 6. The molecule has 0 spiro atoms. The number of aliphatic hydroxyl groups excluding tert-OH is 11. The minimum Gasteiger partial charge on any atom is -0.477 e. The van der Waals surface area contributed by atoms with Gasteiger partial charge in [0.15, 0.2) is 12.6 Å². The van der Waals surface area contributed by atoms with Gasteiger partial charge in [0, 0.05) is 19.8 Å². The molecule has 3 fully saturated rings. The van der Waals surface area contributed by atoms with Crippen molar-refractivity contribution in [2.75, 3.05) is 26.4 Å². The van der Waals surface area contributed by atoms with Gasteiger partial charge in [-0.1, -0.05) is 262 Å². The molecule has 0 radical (unpaired) electrons. The molecule has 18 atom stereocenters. The summed E-state index contributed by atoms with van der Waals surface area (Å²) >= 11 is 0. The van der Waals surface area contributed by atoms with Gasteiger partial charge in [-0.2, -0.15) is 0 Å². The Hall–Kier alpha value is -3.05. The van der Waals surface area contributed by atoms with E-state index >= 15 is 0 Å². The Balaban J connectivity index is 1.46. The van der Waals surface area contributed by atoms with Crippen LogP contribution in [0.2, 0.25) is 0 Å². The molecule has 0 bridgehead atoms.